The Kier molecular flexibility index (Phi) is 2.68. The number of carbonyl (C=O) groups is 1. The Bertz CT molecular complexity index is 556. The first-order valence-corrected chi connectivity index (χ1v) is 7.88. The van der Waals surface area contributed by atoms with Crippen molar-refractivity contribution in [3.8, 4) is 0 Å². The summed E-state index contributed by atoms with van der Waals surface area (Å²) in [5, 5.41) is 0. The molecule has 1 aromatic carbocycles. The summed E-state index contributed by atoms with van der Waals surface area (Å²) in [5.74, 6) is 0.245. The molecule has 3 heteroatoms. The van der Waals surface area contributed by atoms with Gasteiger partial charge in [-0.2, -0.15) is 0 Å². The van der Waals surface area contributed by atoms with E-state index in [-0.39, 0.29) is 11.3 Å². The fourth-order valence-corrected chi connectivity index (χ4v) is 4.00. The van der Waals surface area contributed by atoms with E-state index in [1.807, 2.05) is 0 Å². The van der Waals surface area contributed by atoms with Crippen molar-refractivity contribution >= 4 is 5.91 Å². The number of nitrogens with two attached hydrogens (primary N) is 1. The van der Waals surface area contributed by atoms with Crippen molar-refractivity contribution in [2.45, 2.75) is 56.5 Å². The second-order valence-corrected chi connectivity index (χ2v) is 6.73. The van der Waals surface area contributed by atoms with Crippen molar-refractivity contribution in [2.75, 3.05) is 6.54 Å². The number of benzene rings is 1. The summed E-state index contributed by atoms with van der Waals surface area (Å²) in [4.78, 5) is 14.6. The molecule has 2 saturated carbocycles. The van der Waals surface area contributed by atoms with Gasteiger partial charge in [0, 0.05) is 30.1 Å². The van der Waals surface area contributed by atoms with Crippen LogP contribution >= 0.6 is 0 Å². The minimum Gasteiger partial charge on any atom is -0.331 e. The van der Waals surface area contributed by atoms with Crippen LogP contribution in [0.2, 0.25) is 0 Å². The average Bonchev–Trinajstić information content (AvgIpc) is 3.11. The van der Waals surface area contributed by atoms with Crippen LogP contribution in [0.3, 0.4) is 0 Å². The molecule has 1 aliphatic heterocycles. The van der Waals surface area contributed by atoms with Crippen LogP contribution in [0.1, 0.15) is 60.0 Å². The monoisotopic (exact) mass is 270 g/mol. The zero-order valence-corrected chi connectivity index (χ0v) is 11.9. The van der Waals surface area contributed by atoms with E-state index in [2.05, 4.69) is 23.1 Å². The lowest BCUT2D eigenvalue weighted by molar-refractivity contribution is 0.0766. The Labute approximate surface area is 120 Å². The van der Waals surface area contributed by atoms with Crippen molar-refractivity contribution < 1.29 is 4.79 Å². The Morgan fingerprint density at radius 3 is 2.65 bits per heavy atom. The van der Waals surface area contributed by atoms with E-state index in [4.69, 9.17) is 5.73 Å². The second kappa shape index (κ2) is 4.32. The standard InChI is InChI=1S/C17H22N2O/c18-11-17(7-1-2-8-17)13-4-3-12-10-19(14-5-6-14)16(20)15(12)9-13/h3-4,9,14H,1-2,5-8,10-11,18H2. The van der Waals surface area contributed by atoms with E-state index in [9.17, 15) is 4.79 Å². The SMILES string of the molecule is NCC1(c2ccc3c(c2)C(=O)N(C2CC2)C3)CCCC1. The van der Waals surface area contributed by atoms with Crippen LogP contribution in [0.15, 0.2) is 18.2 Å². The molecule has 2 N–H and O–H groups in total. The van der Waals surface area contributed by atoms with Crippen molar-refractivity contribution in [3.63, 3.8) is 0 Å². The van der Waals surface area contributed by atoms with E-state index < -0.39 is 0 Å². The molecule has 0 unspecified atom stereocenters. The van der Waals surface area contributed by atoms with Gasteiger partial charge in [-0.15, -0.1) is 0 Å². The normalized spacial score (nSPS) is 24.2. The fraction of sp³-hybridized carbons (Fsp3) is 0.588. The first-order chi connectivity index (χ1) is 9.73. The zero-order valence-electron chi connectivity index (χ0n) is 11.9. The molecule has 1 aromatic rings. The molecule has 0 spiro atoms. The van der Waals surface area contributed by atoms with E-state index >= 15 is 0 Å². The summed E-state index contributed by atoms with van der Waals surface area (Å²) < 4.78 is 0. The van der Waals surface area contributed by atoms with Gasteiger partial charge >= 0.3 is 0 Å². The molecule has 3 aliphatic rings. The zero-order chi connectivity index (χ0) is 13.7. The molecule has 0 aromatic heterocycles. The summed E-state index contributed by atoms with van der Waals surface area (Å²) in [6.45, 7) is 1.51. The van der Waals surface area contributed by atoms with Gasteiger partial charge < -0.3 is 10.6 Å². The van der Waals surface area contributed by atoms with Gasteiger partial charge in [-0.25, -0.2) is 0 Å². The summed E-state index contributed by atoms with van der Waals surface area (Å²) in [6, 6.07) is 7.05. The van der Waals surface area contributed by atoms with Crippen LogP contribution in [0.4, 0.5) is 0 Å². The van der Waals surface area contributed by atoms with Gasteiger partial charge in [-0.1, -0.05) is 25.0 Å². The van der Waals surface area contributed by atoms with Crippen molar-refractivity contribution in [1.29, 1.82) is 0 Å². The maximum absolute atomic E-state index is 12.5. The van der Waals surface area contributed by atoms with Gasteiger partial charge in [0.2, 0.25) is 0 Å². The molecule has 1 heterocycles. The topological polar surface area (TPSA) is 46.3 Å². The van der Waals surface area contributed by atoms with E-state index in [0.717, 1.165) is 12.1 Å². The first-order valence-electron chi connectivity index (χ1n) is 7.88. The number of carbonyl (C=O) groups excluding carboxylic acids is 1. The number of nitrogens with zero attached hydrogens (tertiary/aromatic N) is 1. The van der Waals surface area contributed by atoms with Gasteiger partial charge in [0.15, 0.2) is 0 Å². The quantitative estimate of drug-likeness (QED) is 0.917. The highest BCUT2D eigenvalue weighted by atomic mass is 16.2. The maximum Gasteiger partial charge on any atom is 0.254 e. The Hall–Kier alpha value is -1.35. The van der Waals surface area contributed by atoms with Crippen LogP contribution in [0.5, 0.6) is 0 Å². The Balaban J connectivity index is 1.70. The van der Waals surface area contributed by atoms with Crippen LogP contribution in [0.25, 0.3) is 0 Å². The molecule has 20 heavy (non-hydrogen) atoms. The summed E-state index contributed by atoms with van der Waals surface area (Å²) in [5.41, 5.74) is 9.64. The fourth-order valence-electron chi connectivity index (χ4n) is 4.00. The van der Waals surface area contributed by atoms with Gasteiger partial charge in [-0.05, 0) is 42.9 Å². The van der Waals surface area contributed by atoms with Gasteiger partial charge in [0.05, 0.1) is 0 Å². The molecule has 2 aliphatic carbocycles. The third-order valence-electron chi connectivity index (χ3n) is 5.49. The lowest BCUT2D eigenvalue weighted by Crippen LogP contribution is -2.32. The molecule has 0 atom stereocenters. The summed E-state index contributed by atoms with van der Waals surface area (Å²) >= 11 is 0. The Morgan fingerprint density at radius 2 is 2.00 bits per heavy atom. The molecule has 1 amide bonds. The summed E-state index contributed by atoms with van der Waals surface area (Å²) in [7, 11) is 0. The number of hydrogen-bond donors (Lipinski definition) is 1. The van der Waals surface area contributed by atoms with Crippen LogP contribution in [-0.2, 0) is 12.0 Å². The molecule has 0 saturated heterocycles. The molecule has 3 nitrogen and oxygen atoms in total. The Morgan fingerprint density at radius 1 is 1.25 bits per heavy atom. The molecular formula is C17H22N2O. The van der Waals surface area contributed by atoms with Crippen LogP contribution in [0, 0.1) is 0 Å². The van der Waals surface area contributed by atoms with Gasteiger partial charge in [-0.3, -0.25) is 4.79 Å². The number of amides is 1. The van der Waals surface area contributed by atoms with Crippen molar-refractivity contribution in [2.24, 2.45) is 5.73 Å². The second-order valence-electron chi connectivity index (χ2n) is 6.73. The van der Waals surface area contributed by atoms with Gasteiger partial charge in [0.25, 0.3) is 5.91 Å². The molecular weight excluding hydrogens is 248 g/mol. The van der Waals surface area contributed by atoms with E-state index in [0.29, 0.717) is 12.6 Å². The van der Waals surface area contributed by atoms with Crippen LogP contribution in [-0.4, -0.2) is 23.4 Å². The smallest absolute Gasteiger partial charge is 0.254 e. The molecule has 2 fully saturated rings. The minimum absolute atomic E-state index is 0.127. The predicted octanol–water partition coefficient (Wildman–Crippen LogP) is 2.58. The molecule has 0 radical (unpaired) electrons. The molecule has 106 valence electrons. The lowest BCUT2D eigenvalue weighted by atomic mass is 9.78. The van der Waals surface area contributed by atoms with E-state index in [1.54, 1.807) is 0 Å². The molecule has 0 bridgehead atoms. The van der Waals surface area contributed by atoms with Gasteiger partial charge in [0.1, 0.15) is 0 Å². The summed E-state index contributed by atoms with van der Waals surface area (Å²) in [6.07, 6.45) is 7.22. The largest absolute Gasteiger partial charge is 0.331 e. The highest BCUT2D eigenvalue weighted by molar-refractivity contribution is 5.99. The van der Waals surface area contributed by atoms with Crippen molar-refractivity contribution in [1.82, 2.24) is 4.90 Å². The lowest BCUT2D eigenvalue weighted by Gasteiger charge is -2.28. The highest BCUT2D eigenvalue weighted by Crippen LogP contribution is 2.42. The predicted molar refractivity (Wildman–Crippen MR) is 78.5 cm³/mol. The maximum atomic E-state index is 12.5. The third-order valence-corrected chi connectivity index (χ3v) is 5.49. The van der Waals surface area contributed by atoms with E-state index in [1.165, 1.54) is 49.7 Å². The first kappa shape index (κ1) is 12.4. The number of fused-ring (bicyclic) bond motifs is 1. The van der Waals surface area contributed by atoms with Crippen molar-refractivity contribution in [3.05, 3.63) is 34.9 Å². The van der Waals surface area contributed by atoms with Crippen LogP contribution < -0.4 is 5.73 Å². The average molecular weight is 270 g/mol. The number of rotatable bonds is 3. The highest BCUT2D eigenvalue weighted by Gasteiger charge is 2.40. The number of hydrogen-bond acceptors (Lipinski definition) is 2. The third kappa shape index (κ3) is 1.72. The molecule has 4 rings (SSSR count). The minimum atomic E-state index is 0.127.